The minimum Gasteiger partial charge on any atom is -0.497 e. The Kier molecular flexibility index (Phi) is 5.76. The SMILES string of the molecule is COc1ccc(CCC(O)Cc2cc(Br)ccc2F)cc1. The Morgan fingerprint density at radius 3 is 2.57 bits per heavy atom. The molecule has 0 spiro atoms. The molecule has 0 aliphatic rings. The molecule has 112 valence electrons. The van der Waals surface area contributed by atoms with Crippen molar-refractivity contribution in [2.75, 3.05) is 7.11 Å². The monoisotopic (exact) mass is 352 g/mol. The lowest BCUT2D eigenvalue weighted by molar-refractivity contribution is 0.164. The van der Waals surface area contributed by atoms with Gasteiger partial charge in [-0.25, -0.2) is 4.39 Å². The Morgan fingerprint density at radius 1 is 1.19 bits per heavy atom. The van der Waals surface area contributed by atoms with E-state index in [0.717, 1.165) is 22.2 Å². The zero-order valence-corrected chi connectivity index (χ0v) is 13.4. The molecule has 0 aromatic heterocycles. The number of ether oxygens (including phenoxy) is 1. The molecule has 0 aliphatic heterocycles. The number of benzene rings is 2. The first-order valence-electron chi connectivity index (χ1n) is 6.83. The molecule has 1 unspecified atom stereocenters. The van der Waals surface area contributed by atoms with Crippen molar-refractivity contribution in [3.8, 4) is 5.75 Å². The maximum atomic E-state index is 13.6. The molecule has 0 bridgehead atoms. The molecule has 4 heteroatoms. The van der Waals surface area contributed by atoms with Crippen molar-refractivity contribution < 1.29 is 14.2 Å². The van der Waals surface area contributed by atoms with Crippen LogP contribution >= 0.6 is 15.9 Å². The number of hydrogen-bond acceptors (Lipinski definition) is 2. The number of rotatable bonds is 6. The molecule has 21 heavy (non-hydrogen) atoms. The largest absolute Gasteiger partial charge is 0.497 e. The summed E-state index contributed by atoms with van der Waals surface area (Å²) in [5.41, 5.74) is 1.66. The number of hydrogen-bond donors (Lipinski definition) is 1. The third-order valence-electron chi connectivity index (χ3n) is 3.39. The molecule has 1 atom stereocenters. The summed E-state index contributed by atoms with van der Waals surface area (Å²) in [6.07, 6.45) is 1.11. The van der Waals surface area contributed by atoms with E-state index < -0.39 is 6.10 Å². The second-order valence-corrected chi connectivity index (χ2v) is 5.90. The zero-order chi connectivity index (χ0) is 15.2. The van der Waals surface area contributed by atoms with Crippen molar-refractivity contribution in [2.45, 2.75) is 25.4 Å². The molecule has 0 radical (unpaired) electrons. The maximum absolute atomic E-state index is 13.6. The highest BCUT2D eigenvalue weighted by Gasteiger charge is 2.10. The summed E-state index contributed by atoms with van der Waals surface area (Å²) in [5, 5.41) is 10.1. The van der Waals surface area contributed by atoms with Crippen LogP contribution in [0.4, 0.5) is 4.39 Å². The van der Waals surface area contributed by atoms with Crippen molar-refractivity contribution >= 4 is 15.9 Å². The average molecular weight is 353 g/mol. The molecule has 2 aromatic carbocycles. The summed E-state index contributed by atoms with van der Waals surface area (Å²) in [4.78, 5) is 0. The molecular formula is C17H18BrFO2. The smallest absolute Gasteiger partial charge is 0.126 e. The zero-order valence-electron chi connectivity index (χ0n) is 11.9. The second-order valence-electron chi connectivity index (χ2n) is 4.98. The van der Waals surface area contributed by atoms with Gasteiger partial charge in [0, 0.05) is 10.9 Å². The van der Waals surface area contributed by atoms with Crippen LogP contribution in [-0.2, 0) is 12.8 Å². The van der Waals surface area contributed by atoms with Gasteiger partial charge in [0.15, 0.2) is 0 Å². The minimum absolute atomic E-state index is 0.276. The van der Waals surface area contributed by atoms with Crippen LogP contribution in [0.5, 0.6) is 5.75 Å². The van der Waals surface area contributed by atoms with Crippen LogP contribution in [0.3, 0.4) is 0 Å². The van der Waals surface area contributed by atoms with Crippen LogP contribution in [0.15, 0.2) is 46.9 Å². The topological polar surface area (TPSA) is 29.5 Å². The van der Waals surface area contributed by atoms with Gasteiger partial charge in [0.25, 0.3) is 0 Å². The molecule has 0 saturated carbocycles. The first-order chi connectivity index (χ1) is 10.1. The van der Waals surface area contributed by atoms with E-state index >= 15 is 0 Å². The molecule has 1 N–H and O–H groups in total. The Balaban J connectivity index is 1.89. The van der Waals surface area contributed by atoms with Gasteiger partial charge < -0.3 is 9.84 Å². The van der Waals surface area contributed by atoms with E-state index in [9.17, 15) is 9.50 Å². The van der Waals surface area contributed by atoms with E-state index in [4.69, 9.17) is 4.74 Å². The van der Waals surface area contributed by atoms with Crippen molar-refractivity contribution in [3.63, 3.8) is 0 Å². The van der Waals surface area contributed by atoms with Gasteiger partial charge >= 0.3 is 0 Å². The number of methoxy groups -OCH3 is 1. The molecular weight excluding hydrogens is 335 g/mol. The van der Waals surface area contributed by atoms with Gasteiger partial charge in [0.2, 0.25) is 0 Å². The Bertz CT molecular complexity index is 584. The Morgan fingerprint density at radius 2 is 1.90 bits per heavy atom. The molecule has 0 aliphatic carbocycles. The van der Waals surface area contributed by atoms with Gasteiger partial charge in [-0.05, 0) is 54.3 Å². The van der Waals surface area contributed by atoms with Gasteiger partial charge in [-0.3, -0.25) is 0 Å². The van der Waals surface area contributed by atoms with Crippen LogP contribution in [0.1, 0.15) is 17.5 Å². The average Bonchev–Trinajstić information content (AvgIpc) is 2.49. The highest BCUT2D eigenvalue weighted by molar-refractivity contribution is 9.10. The number of aryl methyl sites for hydroxylation is 1. The summed E-state index contributed by atoms with van der Waals surface area (Å²) in [6, 6.07) is 12.5. The molecule has 2 aromatic rings. The maximum Gasteiger partial charge on any atom is 0.126 e. The summed E-state index contributed by atoms with van der Waals surface area (Å²) in [7, 11) is 1.63. The predicted octanol–water partition coefficient (Wildman–Crippen LogP) is 4.13. The number of halogens is 2. The molecule has 2 nitrogen and oxygen atoms in total. The van der Waals surface area contributed by atoms with Gasteiger partial charge in [-0.15, -0.1) is 0 Å². The van der Waals surface area contributed by atoms with Crippen LogP contribution < -0.4 is 4.74 Å². The van der Waals surface area contributed by atoms with Crippen LogP contribution in [0.2, 0.25) is 0 Å². The molecule has 2 rings (SSSR count). The lowest BCUT2D eigenvalue weighted by atomic mass is 10.0. The summed E-state index contributed by atoms with van der Waals surface area (Å²) in [5.74, 6) is 0.539. The van der Waals surface area contributed by atoms with Crippen molar-refractivity contribution in [2.24, 2.45) is 0 Å². The summed E-state index contributed by atoms with van der Waals surface area (Å²) >= 11 is 3.32. The third kappa shape index (κ3) is 4.83. The van der Waals surface area contributed by atoms with E-state index in [1.54, 1.807) is 19.2 Å². The number of aliphatic hydroxyl groups is 1. The van der Waals surface area contributed by atoms with Crippen LogP contribution in [0, 0.1) is 5.82 Å². The molecule has 0 heterocycles. The van der Waals surface area contributed by atoms with E-state index in [1.165, 1.54) is 6.07 Å². The molecule has 0 fully saturated rings. The van der Waals surface area contributed by atoms with Crippen molar-refractivity contribution in [1.82, 2.24) is 0 Å². The standard InChI is InChI=1S/C17H18BrFO2/c1-21-16-7-3-12(4-8-16)2-6-15(20)11-13-10-14(18)5-9-17(13)19/h3-5,7-10,15,20H,2,6,11H2,1H3. The second kappa shape index (κ2) is 7.57. The highest BCUT2D eigenvalue weighted by atomic mass is 79.9. The van der Waals surface area contributed by atoms with Gasteiger partial charge in [0.05, 0.1) is 13.2 Å². The van der Waals surface area contributed by atoms with Crippen LogP contribution in [0.25, 0.3) is 0 Å². The van der Waals surface area contributed by atoms with Crippen LogP contribution in [-0.4, -0.2) is 18.3 Å². The third-order valence-corrected chi connectivity index (χ3v) is 3.88. The first kappa shape index (κ1) is 16.0. The Hall–Kier alpha value is -1.39. The summed E-state index contributed by atoms with van der Waals surface area (Å²) < 4.78 is 19.6. The van der Waals surface area contributed by atoms with E-state index in [0.29, 0.717) is 18.4 Å². The molecule has 0 amide bonds. The lowest BCUT2D eigenvalue weighted by Gasteiger charge is -2.12. The fourth-order valence-corrected chi connectivity index (χ4v) is 2.59. The van der Waals surface area contributed by atoms with Crippen molar-refractivity contribution in [3.05, 3.63) is 63.9 Å². The van der Waals surface area contributed by atoms with E-state index in [2.05, 4.69) is 15.9 Å². The normalized spacial score (nSPS) is 12.2. The molecule has 0 saturated heterocycles. The minimum atomic E-state index is -0.559. The number of aliphatic hydroxyl groups excluding tert-OH is 1. The van der Waals surface area contributed by atoms with E-state index in [-0.39, 0.29) is 5.82 Å². The van der Waals surface area contributed by atoms with E-state index in [1.807, 2.05) is 24.3 Å². The van der Waals surface area contributed by atoms with Gasteiger partial charge in [0.1, 0.15) is 11.6 Å². The van der Waals surface area contributed by atoms with Gasteiger partial charge in [-0.1, -0.05) is 28.1 Å². The summed E-state index contributed by atoms with van der Waals surface area (Å²) in [6.45, 7) is 0. The highest BCUT2D eigenvalue weighted by Crippen LogP contribution is 2.19. The predicted molar refractivity (Wildman–Crippen MR) is 85.1 cm³/mol. The van der Waals surface area contributed by atoms with Crippen molar-refractivity contribution in [1.29, 1.82) is 0 Å². The first-order valence-corrected chi connectivity index (χ1v) is 7.62. The van der Waals surface area contributed by atoms with Gasteiger partial charge in [-0.2, -0.15) is 0 Å². The quantitative estimate of drug-likeness (QED) is 0.846. The lowest BCUT2D eigenvalue weighted by Crippen LogP contribution is -2.12. The fourth-order valence-electron chi connectivity index (χ4n) is 2.18. The fraction of sp³-hybridized carbons (Fsp3) is 0.294. The Labute approximate surface area is 132 Å².